The fourth-order valence-electron chi connectivity index (χ4n) is 1.32. The van der Waals surface area contributed by atoms with Gasteiger partial charge in [-0.15, -0.1) is 0 Å². The Morgan fingerprint density at radius 3 is 2.93 bits per heavy atom. The number of aromatic amines is 1. The zero-order valence-electron chi connectivity index (χ0n) is 8.63. The van der Waals surface area contributed by atoms with Crippen molar-refractivity contribution in [3.63, 3.8) is 0 Å². The van der Waals surface area contributed by atoms with Crippen LogP contribution in [0.15, 0.2) is 0 Å². The van der Waals surface area contributed by atoms with Crippen molar-refractivity contribution in [3.05, 3.63) is 5.82 Å². The Morgan fingerprint density at radius 1 is 1.67 bits per heavy atom. The second-order valence-electron chi connectivity index (χ2n) is 3.78. The van der Waals surface area contributed by atoms with Gasteiger partial charge in [-0.1, -0.05) is 0 Å². The number of carbonyl (C=O) groups is 1. The largest absolute Gasteiger partial charge is 0.382 e. The molecule has 1 aromatic heterocycles. The zero-order valence-corrected chi connectivity index (χ0v) is 8.63. The number of amides is 1. The summed E-state index contributed by atoms with van der Waals surface area (Å²) in [6, 6.07) is 0.387. The number of hydrogen-bond donors (Lipinski definition) is 4. The highest BCUT2D eigenvalue weighted by molar-refractivity contribution is 5.81. The fraction of sp³-hybridized carbons (Fsp3) is 0.556. The zero-order chi connectivity index (χ0) is 10.8. The van der Waals surface area contributed by atoms with Crippen molar-refractivity contribution in [3.8, 4) is 0 Å². The number of nitrogens with two attached hydrogens (primary N) is 1. The topological polar surface area (TPSA) is 95.8 Å². The van der Waals surface area contributed by atoms with E-state index < -0.39 is 0 Å². The third-order valence-electron chi connectivity index (χ3n) is 2.21. The molecule has 82 valence electrons. The van der Waals surface area contributed by atoms with E-state index in [-0.39, 0.29) is 12.5 Å². The van der Waals surface area contributed by atoms with E-state index in [9.17, 15) is 4.79 Å². The molecule has 0 spiro atoms. The summed E-state index contributed by atoms with van der Waals surface area (Å²) in [5.41, 5.74) is 5.63. The Kier molecular flexibility index (Phi) is 2.49. The maximum absolute atomic E-state index is 11.3. The number of aryl methyl sites for hydroxylation is 1. The maximum atomic E-state index is 11.3. The van der Waals surface area contributed by atoms with Gasteiger partial charge in [0.2, 0.25) is 5.91 Å². The van der Waals surface area contributed by atoms with Crippen LogP contribution in [0.5, 0.6) is 0 Å². The molecule has 2 rings (SSSR count). The molecule has 1 heterocycles. The SMILES string of the molecule is Cc1nc(NCC(=O)NC2CC2)c(N)[nH]1. The van der Waals surface area contributed by atoms with E-state index in [1.165, 1.54) is 0 Å². The molecule has 1 aromatic rings. The van der Waals surface area contributed by atoms with Gasteiger partial charge in [-0.25, -0.2) is 4.98 Å². The van der Waals surface area contributed by atoms with Crippen molar-refractivity contribution in [2.45, 2.75) is 25.8 Å². The van der Waals surface area contributed by atoms with Gasteiger partial charge in [0.1, 0.15) is 11.6 Å². The van der Waals surface area contributed by atoms with Crippen LogP contribution in [0.3, 0.4) is 0 Å². The quantitative estimate of drug-likeness (QED) is 0.561. The number of hydrogen-bond acceptors (Lipinski definition) is 4. The van der Waals surface area contributed by atoms with E-state index in [1.54, 1.807) is 0 Å². The molecule has 0 unspecified atom stereocenters. The third-order valence-corrected chi connectivity index (χ3v) is 2.21. The second-order valence-corrected chi connectivity index (χ2v) is 3.78. The van der Waals surface area contributed by atoms with E-state index in [0.717, 1.165) is 18.7 Å². The van der Waals surface area contributed by atoms with Crippen LogP contribution < -0.4 is 16.4 Å². The molecule has 1 saturated carbocycles. The molecule has 15 heavy (non-hydrogen) atoms. The first-order chi connectivity index (χ1) is 7.15. The van der Waals surface area contributed by atoms with E-state index in [1.807, 2.05) is 6.92 Å². The fourth-order valence-corrected chi connectivity index (χ4v) is 1.32. The minimum Gasteiger partial charge on any atom is -0.382 e. The van der Waals surface area contributed by atoms with Crippen LogP contribution in [0.25, 0.3) is 0 Å². The van der Waals surface area contributed by atoms with Gasteiger partial charge in [-0.3, -0.25) is 4.79 Å². The molecule has 0 saturated heterocycles. The van der Waals surface area contributed by atoms with E-state index in [4.69, 9.17) is 5.73 Å². The summed E-state index contributed by atoms with van der Waals surface area (Å²) < 4.78 is 0. The third kappa shape index (κ3) is 2.61. The smallest absolute Gasteiger partial charge is 0.239 e. The van der Waals surface area contributed by atoms with Crippen molar-refractivity contribution in [1.29, 1.82) is 0 Å². The lowest BCUT2D eigenvalue weighted by Crippen LogP contribution is -2.31. The van der Waals surface area contributed by atoms with Gasteiger partial charge < -0.3 is 21.4 Å². The molecular weight excluding hydrogens is 194 g/mol. The lowest BCUT2D eigenvalue weighted by atomic mass is 10.5. The van der Waals surface area contributed by atoms with Gasteiger partial charge in [-0.05, 0) is 19.8 Å². The predicted molar refractivity (Wildman–Crippen MR) is 57.4 cm³/mol. The Hall–Kier alpha value is -1.72. The number of imidazole rings is 1. The maximum Gasteiger partial charge on any atom is 0.239 e. The molecular formula is C9H15N5O. The normalized spacial score (nSPS) is 15.0. The van der Waals surface area contributed by atoms with Crippen LogP contribution in [0.1, 0.15) is 18.7 Å². The van der Waals surface area contributed by atoms with Gasteiger partial charge in [0.15, 0.2) is 5.82 Å². The minimum atomic E-state index is -0.0162. The second kappa shape index (κ2) is 3.80. The van der Waals surface area contributed by atoms with Crippen LogP contribution in [-0.4, -0.2) is 28.5 Å². The molecule has 1 aliphatic carbocycles. The number of nitrogens with one attached hydrogen (secondary N) is 3. The summed E-state index contributed by atoms with van der Waals surface area (Å²) in [7, 11) is 0. The first kappa shape index (κ1) is 9.82. The van der Waals surface area contributed by atoms with Crippen molar-refractivity contribution < 1.29 is 4.79 Å². The lowest BCUT2D eigenvalue weighted by Gasteiger charge is -2.04. The molecule has 6 nitrogen and oxygen atoms in total. The number of nitrogen functional groups attached to an aromatic ring is 1. The van der Waals surface area contributed by atoms with E-state index in [0.29, 0.717) is 17.7 Å². The Morgan fingerprint density at radius 2 is 2.40 bits per heavy atom. The highest BCUT2D eigenvalue weighted by Crippen LogP contribution is 2.18. The van der Waals surface area contributed by atoms with Crippen molar-refractivity contribution in [2.75, 3.05) is 17.6 Å². The van der Waals surface area contributed by atoms with Crippen LogP contribution >= 0.6 is 0 Å². The summed E-state index contributed by atoms with van der Waals surface area (Å²) in [6.45, 7) is 2.02. The minimum absolute atomic E-state index is 0.0162. The summed E-state index contributed by atoms with van der Waals surface area (Å²) in [5, 5.41) is 5.76. The van der Waals surface area contributed by atoms with Crippen LogP contribution in [0.2, 0.25) is 0 Å². The van der Waals surface area contributed by atoms with Gasteiger partial charge in [0.05, 0.1) is 6.54 Å². The Labute approximate surface area is 87.6 Å². The molecule has 0 atom stereocenters. The van der Waals surface area contributed by atoms with Crippen LogP contribution in [0.4, 0.5) is 11.6 Å². The van der Waals surface area contributed by atoms with E-state index in [2.05, 4.69) is 20.6 Å². The molecule has 1 aliphatic rings. The number of rotatable bonds is 4. The molecule has 5 N–H and O–H groups in total. The molecule has 0 aliphatic heterocycles. The number of carbonyl (C=O) groups excluding carboxylic acids is 1. The number of H-pyrrole nitrogens is 1. The van der Waals surface area contributed by atoms with Crippen molar-refractivity contribution >= 4 is 17.5 Å². The van der Waals surface area contributed by atoms with E-state index >= 15 is 0 Å². The predicted octanol–water partition coefficient (Wildman–Crippen LogP) is -0.00918. The van der Waals surface area contributed by atoms with Crippen LogP contribution in [-0.2, 0) is 4.79 Å². The molecule has 1 amide bonds. The average molecular weight is 209 g/mol. The highest BCUT2D eigenvalue weighted by atomic mass is 16.2. The molecule has 1 fully saturated rings. The average Bonchev–Trinajstić information content (AvgIpc) is 2.89. The van der Waals surface area contributed by atoms with Crippen molar-refractivity contribution in [1.82, 2.24) is 15.3 Å². The Balaban J connectivity index is 1.81. The Bertz CT molecular complexity index is 369. The summed E-state index contributed by atoms with van der Waals surface area (Å²) in [6.07, 6.45) is 2.19. The molecule has 0 bridgehead atoms. The first-order valence-electron chi connectivity index (χ1n) is 5.00. The van der Waals surface area contributed by atoms with Gasteiger partial charge in [0, 0.05) is 6.04 Å². The number of anilines is 2. The molecule has 0 aromatic carbocycles. The highest BCUT2D eigenvalue weighted by Gasteiger charge is 2.23. The van der Waals surface area contributed by atoms with Crippen molar-refractivity contribution in [2.24, 2.45) is 0 Å². The monoisotopic (exact) mass is 209 g/mol. The molecule has 0 radical (unpaired) electrons. The van der Waals surface area contributed by atoms with Gasteiger partial charge in [0.25, 0.3) is 0 Å². The van der Waals surface area contributed by atoms with Gasteiger partial charge >= 0.3 is 0 Å². The van der Waals surface area contributed by atoms with Crippen LogP contribution in [0, 0.1) is 6.92 Å². The number of aromatic nitrogens is 2. The lowest BCUT2D eigenvalue weighted by molar-refractivity contribution is -0.119. The number of nitrogens with zero attached hydrogens (tertiary/aromatic N) is 1. The first-order valence-corrected chi connectivity index (χ1v) is 5.00. The standard InChI is InChI=1S/C9H15N5O/c1-5-12-8(10)9(13-5)11-4-7(15)14-6-2-3-6/h6,11H,2-4,10H2,1H3,(H,12,13)(H,14,15). The summed E-state index contributed by atoms with van der Waals surface area (Å²) >= 11 is 0. The van der Waals surface area contributed by atoms with Gasteiger partial charge in [-0.2, -0.15) is 0 Å². The molecule has 6 heteroatoms. The summed E-state index contributed by atoms with van der Waals surface area (Å²) in [4.78, 5) is 18.3. The summed E-state index contributed by atoms with van der Waals surface area (Å²) in [5.74, 6) is 1.72.